The molecule has 1 rings (SSSR count). The molecule has 1 saturated heterocycles. The van der Waals surface area contributed by atoms with E-state index in [1.54, 1.807) is 0 Å². The molecule has 0 N–H and O–H groups in total. The van der Waals surface area contributed by atoms with Crippen LogP contribution in [0.5, 0.6) is 0 Å². The normalized spacial score (nSPS) is 29.7. The van der Waals surface area contributed by atoms with Crippen molar-refractivity contribution in [2.45, 2.75) is 39.8 Å². The highest BCUT2D eigenvalue weighted by Crippen LogP contribution is 2.15. The van der Waals surface area contributed by atoms with Crippen LogP contribution in [0.2, 0.25) is 0 Å². The fraction of sp³-hybridized carbons (Fsp3) is 0.909. The highest BCUT2D eigenvalue weighted by atomic mass is 16.2. The zero-order valence-corrected chi connectivity index (χ0v) is 9.95. The maximum absolute atomic E-state index is 11.9. The van der Waals surface area contributed by atoms with Gasteiger partial charge in [-0.2, -0.15) is 0 Å². The van der Waals surface area contributed by atoms with Crippen LogP contribution in [0, 0.1) is 5.92 Å². The van der Waals surface area contributed by atoms with E-state index in [2.05, 4.69) is 25.8 Å². The first kappa shape index (κ1) is 11.5. The van der Waals surface area contributed by atoms with E-state index in [0.717, 1.165) is 13.1 Å². The van der Waals surface area contributed by atoms with Crippen LogP contribution < -0.4 is 0 Å². The first-order valence-corrected chi connectivity index (χ1v) is 5.44. The summed E-state index contributed by atoms with van der Waals surface area (Å²) in [4.78, 5) is 16.2. The number of piperazine rings is 1. The van der Waals surface area contributed by atoms with Crippen molar-refractivity contribution in [3.63, 3.8) is 0 Å². The van der Waals surface area contributed by atoms with Crippen LogP contribution in [0.3, 0.4) is 0 Å². The molecule has 3 nitrogen and oxygen atoms in total. The summed E-state index contributed by atoms with van der Waals surface area (Å²) in [7, 11) is 2.12. The van der Waals surface area contributed by atoms with Crippen molar-refractivity contribution >= 4 is 5.91 Å². The van der Waals surface area contributed by atoms with Gasteiger partial charge in [0.25, 0.3) is 0 Å². The van der Waals surface area contributed by atoms with Gasteiger partial charge in [0.2, 0.25) is 5.91 Å². The van der Waals surface area contributed by atoms with Crippen molar-refractivity contribution < 1.29 is 4.79 Å². The second-order valence-electron chi connectivity index (χ2n) is 4.78. The molecular formula is C11H22N2O. The van der Waals surface area contributed by atoms with Gasteiger partial charge in [0.15, 0.2) is 0 Å². The quantitative estimate of drug-likeness (QED) is 0.632. The van der Waals surface area contributed by atoms with Crippen LogP contribution in [-0.4, -0.2) is 47.9 Å². The Labute approximate surface area is 87.1 Å². The number of likely N-dealkylation sites (N-methyl/N-ethyl adjacent to an activating group) is 1. The molecule has 1 fully saturated rings. The fourth-order valence-electron chi connectivity index (χ4n) is 1.94. The first-order chi connectivity index (χ1) is 6.43. The third-order valence-corrected chi connectivity index (χ3v) is 3.07. The van der Waals surface area contributed by atoms with E-state index in [1.165, 1.54) is 0 Å². The van der Waals surface area contributed by atoms with Gasteiger partial charge >= 0.3 is 0 Å². The fourth-order valence-corrected chi connectivity index (χ4v) is 1.94. The molecular weight excluding hydrogens is 176 g/mol. The van der Waals surface area contributed by atoms with Crippen molar-refractivity contribution in [2.75, 3.05) is 20.1 Å². The maximum Gasteiger partial charge on any atom is 0.225 e. The second-order valence-corrected chi connectivity index (χ2v) is 4.78. The van der Waals surface area contributed by atoms with Crippen molar-refractivity contribution in [3.05, 3.63) is 0 Å². The Bertz CT molecular complexity index is 215. The Morgan fingerprint density at radius 1 is 1.21 bits per heavy atom. The summed E-state index contributed by atoms with van der Waals surface area (Å²) in [6, 6.07) is 0.833. The van der Waals surface area contributed by atoms with Gasteiger partial charge in [-0.05, 0) is 20.9 Å². The molecule has 0 aromatic heterocycles. The van der Waals surface area contributed by atoms with E-state index in [-0.39, 0.29) is 11.8 Å². The molecule has 0 aromatic rings. The molecule has 2 atom stereocenters. The van der Waals surface area contributed by atoms with Gasteiger partial charge in [-0.25, -0.2) is 0 Å². The highest BCUT2D eigenvalue weighted by molar-refractivity contribution is 5.78. The number of carbonyl (C=O) groups excluding carboxylic acids is 1. The van der Waals surface area contributed by atoms with Crippen LogP contribution in [-0.2, 0) is 4.79 Å². The summed E-state index contributed by atoms with van der Waals surface area (Å²) in [5, 5.41) is 0. The first-order valence-electron chi connectivity index (χ1n) is 5.44. The number of carbonyl (C=O) groups is 1. The summed E-state index contributed by atoms with van der Waals surface area (Å²) in [6.07, 6.45) is 0. The lowest BCUT2D eigenvalue weighted by atomic mass is 10.1. The van der Waals surface area contributed by atoms with Crippen LogP contribution in [0.25, 0.3) is 0 Å². The number of nitrogens with zero attached hydrogens (tertiary/aromatic N) is 2. The molecule has 0 radical (unpaired) electrons. The Morgan fingerprint density at radius 2 is 1.79 bits per heavy atom. The maximum atomic E-state index is 11.9. The summed E-state index contributed by atoms with van der Waals surface area (Å²) in [5.41, 5.74) is 0. The molecule has 1 amide bonds. The highest BCUT2D eigenvalue weighted by Gasteiger charge is 2.30. The van der Waals surface area contributed by atoms with Gasteiger partial charge in [-0.3, -0.25) is 9.69 Å². The SMILES string of the molecule is CC(C)C(=O)N1CC(C)N(C)CC1C. The number of rotatable bonds is 1. The molecule has 3 heteroatoms. The Morgan fingerprint density at radius 3 is 2.29 bits per heavy atom. The molecule has 1 aliphatic rings. The van der Waals surface area contributed by atoms with Crippen molar-refractivity contribution in [1.82, 2.24) is 9.80 Å². The van der Waals surface area contributed by atoms with E-state index >= 15 is 0 Å². The third kappa shape index (κ3) is 2.27. The minimum absolute atomic E-state index is 0.119. The van der Waals surface area contributed by atoms with E-state index in [4.69, 9.17) is 0 Å². The summed E-state index contributed by atoms with van der Waals surface area (Å²) >= 11 is 0. The average molecular weight is 198 g/mol. The minimum atomic E-state index is 0.119. The standard InChI is InChI=1S/C11H22N2O/c1-8(2)11(14)13-7-9(3)12(5)6-10(13)4/h8-10H,6-7H2,1-5H3. The second kappa shape index (κ2) is 4.30. The Kier molecular flexibility index (Phi) is 3.53. The van der Waals surface area contributed by atoms with Crippen LogP contribution in [0.1, 0.15) is 27.7 Å². The van der Waals surface area contributed by atoms with Crippen molar-refractivity contribution in [2.24, 2.45) is 5.92 Å². The summed E-state index contributed by atoms with van der Waals surface area (Å²) in [5.74, 6) is 0.408. The molecule has 2 unspecified atom stereocenters. The molecule has 0 aromatic carbocycles. The lowest BCUT2D eigenvalue weighted by molar-refractivity contribution is -0.140. The third-order valence-electron chi connectivity index (χ3n) is 3.07. The molecule has 0 aliphatic carbocycles. The molecule has 82 valence electrons. The zero-order valence-electron chi connectivity index (χ0n) is 9.95. The smallest absolute Gasteiger partial charge is 0.225 e. The lowest BCUT2D eigenvalue weighted by Gasteiger charge is -2.43. The predicted octanol–water partition coefficient (Wildman–Crippen LogP) is 1.19. The summed E-state index contributed by atoms with van der Waals surface area (Å²) in [6.45, 7) is 10.1. The lowest BCUT2D eigenvalue weighted by Crippen LogP contribution is -2.57. The molecule has 1 aliphatic heterocycles. The average Bonchev–Trinajstić information content (AvgIpc) is 2.10. The summed E-state index contributed by atoms with van der Waals surface area (Å²) < 4.78 is 0. The van der Waals surface area contributed by atoms with E-state index in [0.29, 0.717) is 12.1 Å². The number of hydrogen-bond acceptors (Lipinski definition) is 2. The molecule has 14 heavy (non-hydrogen) atoms. The van der Waals surface area contributed by atoms with Crippen LogP contribution in [0.4, 0.5) is 0 Å². The molecule has 0 saturated carbocycles. The largest absolute Gasteiger partial charge is 0.337 e. The van der Waals surface area contributed by atoms with Gasteiger partial charge < -0.3 is 4.90 Å². The molecule has 0 bridgehead atoms. The van der Waals surface area contributed by atoms with Gasteiger partial charge in [-0.15, -0.1) is 0 Å². The van der Waals surface area contributed by atoms with E-state index in [9.17, 15) is 4.79 Å². The minimum Gasteiger partial charge on any atom is -0.337 e. The van der Waals surface area contributed by atoms with Crippen LogP contribution >= 0.6 is 0 Å². The Balaban J connectivity index is 2.66. The zero-order chi connectivity index (χ0) is 10.9. The Hall–Kier alpha value is -0.570. The molecule has 1 heterocycles. The van der Waals surface area contributed by atoms with Gasteiger partial charge in [-0.1, -0.05) is 13.8 Å². The van der Waals surface area contributed by atoms with Gasteiger partial charge in [0.05, 0.1) is 0 Å². The topological polar surface area (TPSA) is 23.6 Å². The van der Waals surface area contributed by atoms with Crippen molar-refractivity contribution in [3.8, 4) is 0 Å². The van der Waals surface area contributed by atoms with Gasteiger partial charge in [0.1, 0.15) is 0 Å². The van der Waals surface area contributed by atoms with Gasteiger partial charge in [0, 0.05) is 31.1 Å². The van der Waals surface area contributed by atoms with E-state index in [1.807, 2.05) is 18.7 Å². The monoisotopic (exact) mass is 198 g/mol. The predicted molar refractivity (Wildman–Crippen MR) is 58.1 cm³/mol. The molecule has 0 spiro atoms. The van der Waals surface area contributed by atoms with Crippen LogP contribution in [0.15, 0.2) is 0 Å². The number of hydrogen-bond donors (Lipinski definition) is 0. The number of amides is 1. The van der Waals surface area contributed by atoms with E-state index < -0.39 is 0 Å². The van der Waals surface area contributed by atoms with Crippen molar-refractivity contribution in [1.29, 1.82) is 0 Å².